The van der Waals surface area contributed by atoms with Crippen molar-refractivity contribution in [2.45, 2.75) is 77.6 Å². The van der Waals surface area contributed by atoms with Crippen LogP contribution in [-0.2, 0) is 0 Å². The molecular weight excluding hydrogens is 374 g/mol. The van der Waals surface area contributed by atoms with Crippen LogP contribution in [0, 0.1) is 0 Å². The Morgan fingerprint density at radius 3 is 2.03 bits per heavy atom. The van der Waals surface area contributed by atoms with Gasteiger partial charge in [-0.2, -0.15) is 0 Å². The smallest absolute Gasteiger partial charge is 0.316 e. The van der Waals surface area contributed by atoms with Crippen molar-refractivity contribution in [2.24, 2.45) is 0 Å². The maximum atomic E-state index is 5.69. The molecule has 5 nitrogen and oxygen atoms in total. The molecule has 0 aliphatic carbocycles. The third kappa shape index (κ3) is 9.86. The summed E-state index contributed by atoms with van der Waals surface area (Å²) < 4.78 is 11.4. The van der Waals surface area contributed by atoms with Gasteiger partial charge in [0, 0.05) is 35.8 Å². The molecule has 0 unspecified atom stereocenters. The Morgan fingerprint density at radius 2 is 1.37 bits per heavy atom. The molecule has 0 saturated carbocycles. The first-order valence-corrected chi connectivity index (χ1v) is 11.5. The number of allylic oxidation sites excluding steroid dienone is 1. The Balaban J connectivity index is 1.64. The van der Waals surface area contributed by atoms with E-state index in [1.807, 2.05) is 18.2 Å². The second-order valence-corrected chi connectivity index (χ2v) is 7.60. The van der Waals surface area contributed by atoms with Crippen molar-refractivity contribution in [3.63, 3.8) is 0 Å². The van der Waals surface area contributed by atoms with E-state index in [2.05, 4.69) is 28.5 Å². The van der Waals surface area contributed by atoms with Crippen molar-refractivity contribution < 1.29 is 9.47 Å². The highest BCUT2D eigenvalue weighted by Crippen LogP contribution is 2.20. The molecule has 0 amide bonds. The van der Waals surface area contributed by atoms with Gasteiger partial charge in [-0.25, -0.2) is 15.0 Å². The Hall–Kier alpha value is -2.43. The average Bonchev–Trinajstić information content (AvgIpc) is 2.79. The number of pyridine rings is 1. The quantitative estimate of drug-likeness (QED) is 0.212. The summed E-state index contributed by atoms with van der Waals surface area (Å²) in [5.41, 5.74) is 1.89. The molecule has 164 valence electrons. The highest BCUT2D eigenvalue weighted by molar-refractivity contribution is 5.60. The van der Waals surface area contributed by atoms with Crippen LogP contribution < -0.4 is 9.47 Å². The summed E-state index contributed by atoms with van der Waals surface area (Å²) in [6.45, 7) is 7.34. The predicted molar refractivity (Wildman–Crippen MR) is 123 cm³/mol. The lowest BCUT2D eigenvalue weighted by atomic mass is 10.1. The van der Waals surface area contributed by atoms with Gasteiger partial charge in [0.05, 0.1) is 13.2 Å². The van der Waals surface area contributed by atoms with E-state index in [9.17, 15) is 0 Å². The first kappa shape index (κ1) is 23.8. The number of ether oxygens (including phenoxy) is 2. The number of aromatic nitrogens is 3. The van der Waals surface area contributed by atoms with Gasteiger partial charge < -0.3 is 9.47 Å². The van der Waals surface area contributed by atoms with Crippen molar-refractivity contribution in [3.8, 4) is 23.0 Å². The van der Waals surface area contributed by atoms with E-state index >= 15 is 0 Å². The first-order chi connectivity index (χ1) is 14.8. The Morgan fingerprint density at radius 1 is 0.733 bits per heavy atom. The molecule has 2 heterocycles. The highest BCUT2D eigenvalue weighted by atomic mass is 16.5. The zero-order valence-electron chi connectivity index (χ0n) is 18.5. The number of unbranched alkanes of at least 4 members (excludes halogenated alkanes) is 9. The lowest BCUT2D eigenvalue weighted by molar-refractivity contribution is 0.281. The van der Waals surface area contributed by atoms with Crippen LogP contribution in [0.1, 0.15) is 77.6 Å². The molecule has 0 atom stereocenters. The molecule has 0 saturated heterocycles. The van der Waals surface area contributed by atoms with Crippen LogP contribution in [0.4, 0.5) is 0 Å². The van der Waals surface area contributed by atoms with Crippen molar-refractivity contribution in [2.75, 3.05) is 13.2 Å². The fraction of sp³-hybridized carbons (Fsp3) is 0.560. The van der Waals surface area contributed by atoms with Crippen molar-refractivity contribution in [1.82, 2.24) is 15.0 Å². The zero-order chi connectivity index (χ0) is 21.3. The van der Waals surface area contributed by atoms with E-state index in [-0.39, 0.29) is 0 Å². The van der Waals surface area contributed by atoms with Gasteiger partial charge in [-0.1, -0.05) is 57.9 Å². The van der Waals surface area contributed by atoms with Gasteiger partial charge in [-0.3, -0.25) is 0 Å². The first-order valence-electron chi connectivity index (χ1n) is 11.5. The summed E-state index contributed by atoms with van der Waals surface area (Å²) in [5.74, 6) is 0.664. The van der Waals surface area contributed by atoms with E-state index in [4.69, 9.17) is 9.47 Å². The molecule has 5 heteroatoms. The predicted octanol–water partition coefficient (Wildman–Crippen LogP) is 6.79. The van der Waals surface area contributed by atoms with Crippen LogP contribution in [0.5, 0.6) is 11.9 Å². The summed E-state index contributed by atoms with van der Waals surface area (Å²) in [7, 11) is 0. The van der Waals surface area contributed by atoms with E-state index in [1.165, 1.54) is 51.4 Å². The molecule has 0 aliphatic rings. The fourth-order valence-corrected chi connectivity index (χ4v) is 3.14. The molecule has 0 N–H and O–H groups in total. The van der Waals surface area contributed by atoms with Crippen LogP contribution in [0.25, 0.3) is 11.1 Å². The molecule has 0 aromatic carbocycles. The summed E-state index contributed by atoms with van der Waals surface area (Å²) in [6, 6.07) is 4.32. The van der Waals surface area contributed by atoms with E-state index in [0.717, 1.165) is 37.0 Å². The SMILES string of the molecule is C=CCCCCCCCCOc1ncc(-c2ccc(OCCCCCC)nc2)cn1. The standard InChI is InChI=1S/C25H37N3O2/c1-3-5-7-9-10-11-12-14-18-30-25-27-20-23(21-28-25)22-15-16-24(26-19-22)29-17-13-8-6-4-2/h3,15-16,19-21H,1,4-14,17-18H2,2H3. The van der Waals surface area contributed by atoms with Crippen LogP contribution >= 0.6 is 0 Å². The van der Waals surface area contributed by atoms with Gasteiger partial charge in [0.1, 0.15) is 0 Å². The Bertz CT molecular complexity index is 687. The normalized spacial score (nSPS) is 10.7. The minimum Gasteiger partial charge on any atom is -0.478 e. The van der Waals surface area contributed by atoms with Crippen LogP contribution in [0.3, 0.4) is 0 Å². The van der Waals surface area contributed by atoms with Gasteiger partial charge >= 0.3 is 6.01 Å². The largest absolute Gasteiger partial charge is 0.478 e. The lowest BCUT2D eigenvalue weighted by Gasteiger charge is -2.07. The fourth-order valence-electron chi connectivity index (χ4n) is 3.14. The molecule has 2 rings (SSSR count). The van der Waals surface area contributed by atoms with Gasteiger partial charge in [-0.15, -0.1) is 6.58 Å². The van der Waals surface area contributed by atoms with Crippen molar-refractivity contribution in [3.05, 3.63) is 43.4 Å². The maximum Gasteiger partial charge on any atom is 0.316 e. The average molecular weight is 412 g/mol. The van der Waals surface area contributed by atoms with Crippen LogP contribution in [0.2, 0.25) is 0 Å². The maximum absolute atomic E-state index is 5.69. The summed E-state index contributed by atoms with van der Waals surface area (Å²) >= 11 is 0. The number of hydrogen-bond acceptors (Lipinski definition) is 5. The van der Waals surface area contributed by atoms with Gasteiger partial charge in [0.15, 0.2) is 0 Å². The minimum absolute atomic E-state index is 0.435. The molecule has 0 spiro atoms. The van der Waals surface area contributed by atoms with E-state index in [1.54, 1.807) is 18.6 Å². The zero-order valence-corrected chi connectivity index (χ0v) is 18.5. The van der Waals surface area contributed by atoms with Gasteiger partial charge in [0.2, 0.25) is 5.88 Å². The van der Waals surface area contributed by atoms with Crippen LogP contribution in [-0.4, -0.2) is 28.2 Å². The summed E-state index contributed by atoms with van der Waals surface area (Å²) in [6.07, 6.45) is 20.6. The summed E-state index contributed by atoms with van der Waals surface area (Å²) in [4.78, 5) is 13.0. The minimum atomic E-state index is 0.435. The topological polar surface area (TPSA) is 57.1 Å². The van der Waals surface area contributed by atoms with Gasteiger partial charge in [0.25, 0.3) is 0 Å². The second kappa shape index (κ2) is 15.4. The van der Waals surface area contributed by atoms with E-state index < -0.39 is 0 Å². The molecule has 0 radical (unpaired) electrons. The molecule has 2 aromatic rings. The van der Waals surface area contributed by atoms with Crippen LogP contribution in [0.15, 0.2) is 43.4 Å². The monoisotopic (exact) mass is 411 g/mol. The van der Waals surface area contributed by atoms with Gasteiger partial charge in [-0.05, 0) is 31.7 Å². The third-order valence-electron chi connectivity index (χ3n) is 4.98. The number of nitrogens with zero attached hydrogens (tertiary/aromatic N) is 3. The second-order valence-electron chi connectivity index (χ2n) is 7.60. The lowest BCUT2D eigenvalue weighted by Crippen LogP contribution is -2.01. The van der Waals surface area contributed by atoms with E-state index in [0.29, 0.717) is 18.5 Å². The Labute approximate surface area is 182 Å². The third-order valence-corrected chi connectivity index (χ3v) is 4.98. The number of hydrogen-bond donors (Lipinski definition) is 0. The summed E-state index contributed by atoms with van der Waals surface area (Å²) in [5, 5.41) is 0. The molecular formula is C25H37N3O2. The Kier molecular flexibility index (Phi) is 12.3. The molecule has 0 fully saturated rings. The van der Waals surface area contributed by atoms with Crippen molar-refractivity contribution >= 4 is 0 Å². The number of rotatable bonds is 17. The highest BCUT2D eigenvalue weighted by Gasteiger charge is 2.03. The van der Waals surface area contributed by atoms with Crippen molar-refractivity contribution in [1.29, 1.82) is 0 Å². The molecule has 2 aromatic heterocycles. The molecule has 30 heavy (non-hydrogen) atoms. The molecule has 0 aliphatic heterocycles. The molecule has 0 bridgehead atoms.